The molecule has 0 heterocycles. The van der Waals surface area contributed by atoms with Gasteiger partial charge in [-0.25, -0.2) is 0 Å². The van der Waals surface area contributed by atoms with Gasteiger partial charge in [-0.3, -0.25) is 4.79 Å². The Kier molecular flexibility index (Phi) is 19.7. The first-order valence-corrected chi connectivity index (χ1v) is 23.4. The third-order valence-electron chi connectivity index (χ3n) is 9.13. The number of benzene rings is 9. The van der Waals surface area contributed by atoms with Crippen LogP contribution in [0.15, 0.2) is 273 Å². The van der Waals surface area contributed by atoms with Crippen LogP contribution in [-0.2, 0) is 24.3 Å². The average molecular weight is 919 g/mol. The molecular weight excluding hydrogens is 872 g/mol. The zero-order valence-corrected chi connectivity index (χ0v) is 37.4. The molecule has 1 nitrogen and oxygen atoms in total. The van der Waals surface area contributed by atoms with Crippen molar-refractivity contribution in [1.29, 1.82) is 0 Å². The van der Waals surface area contributed by atoms with E-state index in [-0.39, 0.29) is 20.9 Å². The number of carbonyl (C=O) groups excluding carboxylic acids is 1. The summed E-state index contributed by atoms with van der Waals surface area (Å²) in [5.41, 5.74) is 0. The molecule has 0 fully saturated rings. The summed E-state index contributed by atoms with van der Waals surface area (Å²) in [5.74, 6) is 0. The predicted molar refractivity (Wildman–Crippen MR) is 262 cm³/mol. The molecule has 0 saturated carbocycles. The van der Waals surface area contributed by atoms with Gasteiger partial charge in [0.15, 0.2) is 0 Å². The van der Waals surface area contributed by atoms with Crippen LogP contribution < -0.4 is 47.7 Å². The fraction of sp³-hybridized carbons (Fsp3) is 0. The van der Waals surface area contributed by atoms with Gasteiger partial charge in [-0.1, -0.05) is 273 Å². The Labute approximate surface area is 374 Å². The summed E-state index contributed by atoms with van der Waals surface area (Å²) in [7, 11) is -1.34. The van der Waals surface area contributed by atoms with Crippen LogP contribution in [0.3, 0.4) is 0 Å². The minimum Gasteiger partial charge on any atom is -1.00 e. The SMILES string of the molecule is [C]=O.[H-].[Rh+].c1ccc(P(c2ccccc2)c2ccccc2)cc1.c1ccc(P(c2ccccc2)c2ccccc2)cc1.c1ccc(P(c2ccccc2)c2ccccc2)cc1. The molecule has 0 N–H and O–H groups in total. The summed E-state index contributed by atoms with van der Waals surface area (Å²) >= 11 is 0. The molecule has 9 aromatic rings. The van der Waals surface area contributed by atoms with Gasteiger partial charge in [-0.05, 0) is 71.5 Å². The van der Waals surface area contributed by atoms with Gasteiger partial charge in [0.1, 0.15) is 0 Å². The van der Waals surface area contributed by atoms with Crippen LogP contribution in [0.2, 0.25) is 0 Å². The van der Waals surface area contributed by atoms with E-state index in [0.717, 1.165) is 0 Å². The molecule has 0 aliphatic carbocycles. The van der Waals surface area contributed by atoms with Crippen LogP contribution >= 0.6 is 23.8 Å². The van der Waals surface area contributed by atoms with Gasteiger partial charge in [-0.15, -0.1) is 0 Å². The van der Waals surface area contributed by atoms with Gasteiger partial charge in [0.25, 0.3) is 6.79 Å². The number of rotatable bonds is 9. The zero-order valence-electron chi connectivity index (χ0n) is 34.1. The molecule has 0 atom stereocenters. The summed E-state index contributed by atoms with van der Waals surface area (Å²) in [6.45, 7) is 4.50. The molecular formula is C55H46OP3Rh. The van der Waals surface area contributed by atoms with Crippen molar-refractivity contribution >= 4 is 78.3 Å². The van der Waals surface area contributed by atoms with Crippen LogP contribution in [0.5, 0.6) is 0 Å². The Morgan fingerprint density at radius 2 is 0.283 bits per heavy atom. The van der Waals surface area contributed by atoms with E-state index >= 15 is 0 Å². The maximum absolute atomic E-state index is 7.50. The van der Waals surface area contributed by atoms with E-state index in [4.69, 9.17) is 4.79 Å². The van der Waals surface area contributed by atoms with E-state index in [1.807, 2.05) is 0 Å². The van der Waals surface area contributed by atoms with Gasteiger partial charge in [-0.2, -0.15) is 0 Å². The van der Waals surface area contributed by atoms with Gasteiger partial charge >= 0.3 is 19.5 Å². The van der Waals surface area contributed by atoms with E-state index in [1.165, 1.54) is 47.7 Å². The summed E-state index contributed by atoms with van der Waals surface area (Å²) in [5, 5.41) is 12.6. The Bertz CT molecular complexity index is 1890. The van der Waals surface area contributed by atoms with Crippen LogP contribution in [0.4, 0.5) is 0 Å². The van der Waals surface area contributed by atoms with Crippen molar-refractivity contribution < 1.29 is 25.7 Å². The maximum Gasteiger partial charge on any atom is 1.00 e. The van der Waals surface area contributed by atoms with Gasteiger partial charge in [0.2, 0.25) is 0 Å². The second-order valence-electron chi connectivity index (χ2n) is 13.0. The van der Waals surface area contributed by atoms with Crippen molar-refractivity contribution in [2.75, 3.05) is 0 Å². The monoisotopic (exact) mass is 918 g/mol. The second kappa shape index (κ2) is 25.9. The molecule has 0 unspecified atom stereocenters. The van der Waals surface area contributed by atoms with E-state index < -0.39 is 23.8 Å². The molecule has 0 bridgehead atoms. The first-order chi connectivity index (χ1) is 29.3. The van der Waals surface area contributed by atoms with Crippen LogP contribution in [-0.4, -0.2) is 6.79 Å². The first kappa shape index (κ1) is 45.6. The fourth-order valence-corrected chi connectivity index (χ4v) is 13.5. The van der Waals surface area contributed by atoms with Gasteiger partial charge in [0.05, 0.1) is 0 Å². The molecule has 0 amide bonds. The van der Waals surface area contributed by atoms with Crippen molar-refractivity contribution in [1.82, 2.24) is 0 Å². The largest absolute Gasteiger partial charge is 1.00 e. The number of hydrogen-bond donors (Lipinski definition) is 0. The molecule has 296 valence electrons. The Balaban J connectivity index is 0.000000194. The molecule has 0 saturated heterocycles. The third kappa shape index (κ3) is 13.3. The molecule has 2 radical (unpaired) electrons. The summed E-state index contributed by atoms with van der Waals surface area (Å²) < 4.78 is 0. The zero-order chi connectivity index (χ0) is 40.7. The molecule has 9 rings (SSSR count). The molecule has 60 heavy (non-hydrogen) atoms. The van der Waals surface area contributed by atoms with E-state index in [9.17, 15) is 0 Å². The summed E-state index contributed by atoms with van der Waals surface area (Å²) in [4.78, 5) is 7.50. The molecule has 0 aromatic heterocycles. The quantitative estimate of drug-likeness (QED) is 0.104. The molecule has 5 heteroatoms. The fourth-order valence-electron chi connectivity index (χ4n) is 6.54. The minimum absolute atomic E-state index is 0. The van der Waals surface area contributed by atoms with E-state index in [1.54, 1.807) is 0 Å². The third-order valence-corrected chi connectivity index (χ3v) is 16.5. The Hall–Kier alpha value is -5.44. The predicted octanol–water partition coefficient (Wildman–Crippen LogP) is 10.0. The van der Waals surface area contributed by atoms with Crippen LogP contribution in [0.25, 0.3) is 0 Å². The van der Waals surface area contributed by atoms with Crippen molar-refractivity contribution in [3.05, 3.63) is 273 Å². The summed E-state index contributed by atoms with van der Waals surface area (Å²) in [6.07, 6.45) is 0. The minimum atomic E-state index is -0.446. The summed E-state index contributed by atoms with van der Waals surface area (Å²) in [6, 6.07) is 97.0. The van der Waals surface area contributed by atoms with E-state index in [0.29, 0.717) is 0 Å². The van der Waals surface area contributed by atoms with Crippen molar-refractivity contribution in [2.45, 2.75) is 0 Å². The normalized spacial score (nSPS) is 10.1. The van der Waals surface area contributed by atoms with Gasteiger partial charge < -0.3 is 1.43 Å². The van der Waals surface area contributed by atoms with E-state index in [2.05, 4.69) is 280 Å². The standard InChI is InChI=1S/3C18H15P.CO.Rh.H/c3*1-4-10-16(11-5-1)19(17-12-6-2-7-13-17)18-14-8-3-9-15-18;1-2;;/h3*1-15H;;;/q;;;;+1;-1. The Morgan fingerprint density at radius 3 is 0.367 bits per heavy atom. The van der Waals surface area contributed by atoms with Crippen molar-refractivity contribution in [3.8, 4) is 0 Å². The van der Waals surface area contributed by atoms with Crippen LogP contribution in [0.1, 0.15) is 1.43 Å². The maximum atomic E-state index is 7.50. The smallest absolute Gasteiger partial charge is 1.00 e. The topological polar surface area (TPSA) is 17.1 Å². The average Bonchev–Trinajstić information content (AvgIpc) is 3.34. The molecule has 9 aromatic carbocycles. The molecule has 0 spiro atoms. The van der Waals surface area contributed by atoms with Crippen LogP contribution in [0, 0.1) is 0 Å². The van der Waals surface area contributed by atoms with Gasteiger partial charge in [0, 0.05) is 0 Å². The Morgan fingerprint density at radius 1 is 0.200 bits per heavy atom. The second-order valence-corrected chi connectivity index (χ2v) is 19.7. The molecule has 0 aliphatic heterocycles. The molecule has 0 aliphatic rings. The first-order valence-electron chi connectivity index (χ1n) is 19.4. The van der Waals surface area contributed by atoms with Crippen molar-refractivity contribution in [3.63, 3.8) is 0 Å². The van der Waals surface area contributed by atoms with Crippen molar-refractivity contribution in [2.24, 2.45) is 0 Å². The number of hydrogen-bond acceptors (Lipinski definition) is 1.